The highest BCUT2D eigenvalue weighted by Crippen LogP contribution is 2.28. The summed E-state index contributed by atoms with van der Waals surface area (Å²) in [5, 5.41) is 0. The van der Waals surface area contributed by atoms with Gasteiger partial charge in [-0.05, 0) is 36.8 Å². The van der Waals surface area contributed by atoms with Crippen LogP contribution in [-0.4, -0.2) is 44.7 Å². The second-order valence-corrected chi connectivity index (χ2v) is 6.25. The molecule has 134 valence electrons. The second kappa shape index (κ2) is 8.53. The molecule has 0 saturated heterocycles. The standard InChI is InChI=1S/C18H21NO5S/c1-5-19(11-12-6-7-13(22-2)14(10-12)23-3)17(20)15-8-9-16(25-15)18(21)24-4/h6-10H,5,11H2,1-4H3. The molecule has 1 aromatic carbocycles. The number of benzene rings is 1. The van der Waals surface area contributed by atoms with Gasteiger partial charge in [0.2, 0.25) is 0 Å². The molecule has 0 aliphatic carbocycles. The molecule has 6 nitrogen and oxygen atoms in total. The first-order valence-electron chi connectivity index (χ1n) is 7.72. The zero-order valence-electron chi connectivity index (χ0n) is 14.7. The van der Waals surface area contributed by atoms with Crippen molar-refractivity contribution in [2.75, 3.05) is 27.9 Å². The van der Waals surface area contributed by atoms with E-state index >= 15 is 0 Å². The van der Waals surface area contributed by atoms with Gasteiger partial charge >= 0.3 is 5.97 Å². The molecule has 2 aromatic rings. The fourth-order valence-electron chi connectivity index (χ4n) is 2.35. The van der Waals surface area contributed by atoms with Crippen molar-refractivity contribution in [2.24, 2.45) is 0 Å². The summed E-state index contributed by atoms with van der Waals surface area (Å²) in [6.07, 6.45) is 0. The molecule has 0 fully saturated rings. The van der Waals surface area contributed by atoms with Gasteiger partial charge in [0, 0.05) is 13.1 Å². The lowest BCUT2D eigenvalue weighted by Crippen LogP contribution is -2.29. The minimum Gasteiger partial charge on any atom is -0.493 e. The quantitative estimate of drug-likeness (QED) is 0.707. The Morgan fingerprint density at radius 2 is 1.68 bits per heavy atom. The van der Waals surface area contributed by atoms with Crippen molar-refractivity contribution >= 4 is 23.2 Å². The molecular formula is C18H21NO5S. The summed E-state index contributed by atoms with van der Waals surface area (Å²) in [7, 11) is 4.47. The Morgan fingerprint density at radius 3 is 2.28 bits per heavy atom. The van der Waals surface area contributed by atoms with E-state index in [9.17, 15) is 9.59 Å². The Labute approximate surface area is 150 Å². The number of esters is 1. The highest BCUT2D eigenvalue weighted by atomic mass is 32.1. The molecule has 0 spiro atoms. The van der Waals surface area contributed by atoms with Crippen LogP contribution >= 0.6 is 11.3 Å². The number of hydrogen-bond donors (Lipinski definition) is 0. The number of ether oxygens (including phenoxy) is 3. The van der Waals surface area contributed by atoms with E-state index in [-0.39, 0.29) is 5.91 Å². The summed E-state index contributed by atoms with van der Waals surface area (Å²) in [6, 6.07) is 8.81. The highest BCUT2D eigenvalue weighted by Gasteiger charge is 2.19. The van der Waals surface area contributed by atoms with Gasteiger partial charge in [0.25, 0.3) is 5.91 Å². The fraction of sp³-hybridized carbons (Fsp3) is 0.333. The van der Waals surface area contributed by atoms with E-state index in [0.29, 0.717) is 34.3 Å². The van der Waals surface area contributed by atoms with Gasteiger partial charge < -0.3 is 19.1 Å². The predicted octanol–water partition coefficient (Wildman–Crippen LogP) is 3.21. The molecule has 0 saturated carbocycles. The van der Waals surface area contributed by atoms with E-state index < -0.39 is 5.97 Å². The monoisotopic (exact) mass is 363 g/mol. The van der Waals surface area contributed by atoms with Crippen LogP contribution in [0.2, 0.25) is 0 Å². The first-order valence-corrected chi connectivity index (χ1v) is 8.54. The summed E-state index contributed by atoms with van der Waals surface area (Å²) >= 11 is 1.13. The smallest absolute Gasteiger partial charge is 0.348 e. The molecule has 1 amide bonds. The average Bonchev–Trinajstić information content (AvgIpc) is 3.14. The Balaban J connectivity index is 2.18. The molecular weight excluding hydrogens is 342 g/mol. The van der Waals surface area contributed by atoms with Crippen molar-refractivity contribution in [3.8, 4) is 11.5 Å². The van der Waals surface area contributed by atoms with Gasteiger partial charge in [0.1, 0.15) is 4.88 Å². The van der Waals surface area contributed by atoms with Gasteiger partial charge in [-0.25, -0.2) is 4.79 Å². The van der Waals surface area contributed by atoms with Crippen LogP contribution in [0.25, 0.3) is 0 Å². The highest BCUT2D eigenvalue weighted by molar-refractivity contribution is 7.15. The number of hydrogen-bond acceptors (Lipinski definition) is 6. The van der Waals surface area contributed by atoms with Crippen LogP contribution in [0.15, 0.2) is 30.3 Å². The number of carbonyl (C=O) groups excluding carboxylic acids is 2. The van der Waals surface area contributed by atoms with E-state index in [1.54, 1.807) is 31.3 Å². The van der Waals surface area contributed by atoms with E-state index in [1.807, 2.05) is 25.1 Å². The fourth-order valence-corrected chi connectivity index (χ4v) is 3.24. The van der Waals surface area contributed by atoms with Gasteiger partial charge in [-0.15, -0.1) is 11.3 Å². The lowest BCUT2D eigenvalue weighted by molar-refractivity contribution is 0.0606. The topological polar surface area (TPSA) is 65.1 Å². The Kier molecular flexibility index (Phi) is 6.41. The Hall–Kier alpha value is -2.54. The van der Waals surface area contributed by atoms with Gasteiger partial charge in [-0.3, -0.25) is 4.79 Å². The largest absolute Gasteiger partial charge is 0.493 e. The molecule has 1 aromatic heterocycles. The minimum atomic E-state index is -0.438. The lowest BCUT2D eigenvalue weighted by Gasteiger charge is -2.21. The molecule has 2 rings (SSSR count). The summed E-state index contributed by atoms with van der Waals surface area (Å²) < 4.78 is 15.2. The molecule has 0 N–H and O–H groups in total. The van der Waals surface area contributed by atoms with Crippen LogP contribution in [-0.2, 0) is 11.3 Å². The zero-order chi connectivity index (χ0) is 18.4. The maximum Gasteiger partial charge on any atom is 0.348 e. The van der Waals surface area contributed by atoms with Crippen molar-refractivity contribution in [1.29, 1.82) is 0 Å². The lowest BCUT2D eigenvalue weighted by atomic mass is 10.2. The average molecular weight is 363 g/mol. The summed E-state index contributed by atoms with van der Waals surface area (Å²) in [5.41, 5.74) is 0.928. The zero-order valence-corrected chi connectivity index (χ0v) is 15.5. The molecule has 0 bridgehead atoms. The molecule has 0 atom stereocenters. The van der Waals surface area contributed by atoms with Crippen molar-refractivity contribution in [1.82, 2.24) is 4.90 Å². The molecule has 0 aliphatic rings. The van der Waals surface area contributed by atoms with Gasteiger partial charge in [-0.1, -0.05) is 6.07 Å². The predicted molar refractivity (Wildman–Crippen MR) is 95.6 cm³/mol. The summed E-state index contributed by atoms with van der Waals surface area (Å²) in [4.78, 5) is 26.9. The van der Waals surface area contributed by atoms with Crippen LogP contribution < -0.4 is 9.47 Å². The van der Waals surface area contributed by atoms with Crippen molar-refractivity contribution in [3.63, 3.8) is 0 Å². The third-order valence-corrected chi connectivity index (χ3v) is 4.75. The van der Waals surface area contributed by atoms with Gasteiger partial charge in [0.05, 0.1) is 26.2 Å². The maximum atomic E-state index is 12.7. The summed E-state index contributed by atoms with van der Waals surface area (Å²) in [6.45, 7) is 2.88. The first kappa shape index (κ1) is 18.8. The van der Waals surface area contributed by atoms with Crippen LogP contribution in [0.5, 0.6) is 11.5 Å². The number of thiophene rings is 1. The van der Waals surface area contributed by atoms with Crippen molar-refractivity contribution in [2.45, 2.75) is 13.5 Å². The molecule has 0 radical (unpaired) electrons. The van der Waals surface area contributed by atoms with Crippen LogP contribution in [0.1, 0.15) is 31.8 Å². The van der Waals surface area contributed by atoms with Crippen LogP contribution in [0.4, 0.5) is 0 Å². The second-order valence-electron chi connectivity index (χ2n) is 5.16. The molecule has 0 aliphatic heterocycles. The van der Waals surface area contributed by atoms with Crippen LogP contribution in [0.3, 0.4) is 0 Å². The normalized spacial score (nSPS) is 10.2. The number of amides is 1. The van der Waals surface area contributed by atoms with E-state index in [4.69, 9.17) is 9.47 Å². The van der Waals surface area contributed by atoms with E-state index in [0.717, 1.165) is 16.9 Å². The van der Waals surface area contributed by atoms with Gasteiger partial charge in [-0.2, -0.15) is 0 Å². The summed E-state index contributed by atoms with van der Waals surface area (Å²) in [5.74, 6) is 0.693. The van der Waals surface area contributed by atoms with Crippen LogP contribution in [0, 0.1) is 0 Å². The van der Waals surface area contributed by atoms with Crippen molar-refractivity contribution < 1.29 is 23.8 Å². The van der Waals surface area contributed by atoms with E-state index in [1.165, 1.54) is 7.11 Å². The third-order valence-electron chi connectivity index (χ3n) is 3.69. The molecule has 0 unspecified atom stereocenters. The number of nitrogens with zero attached hydrogens (tertiary/aromatic N) is 1. The third kappa shape index (κ3) is 4.30. The molecule has 25 heavy (non-hydrogen) atoms. The van der Waals surface area contributed by atoms with Crippen molar-refractivity contribution in [3.05, 3.63) is 45.6 Å². The van der Waals surface area contributed by atoms with E-state index in [2.05, 4.69) is 4.74 Å². The van der Waals surface area contributed by atoms with Gasteiger partial charge in [0.15, 0.2) is 11.5 Å². The molecule has 1 heterocycles. The SMILES string of the molecule is CCN(Cc1ccc(OC)c(OC)c1)C(=O)c1ccc(C(=O)OC)s1. The molecule has 7 heteroatoms. The minimum absolute atomic E-state index is 0.127. The number of methoxy groups -OCH3 is 3. The maximum absolute atomic E-state index is 12.7. The first-order chi connectivity index (χ1) is 12.0. The number of carbonyl (C=O) groups is 2. The number of rotatable bonds is 7. The Morgan fingerprint density at radius 1 is 1.00 bits per heavy atom. The Bertz CT molecular complexity index is 756.